The van der Waals surface area contributed by atoms with E-state index >= 15 is 0 Å². The van der Waals surface area contributed by atoms with Crippen LogP contribution in [0.3, 0.4) is 0 Å². The lowest BCUT2D eigenvalue weighted by Gasteiger charge is -2.24. The molecule has 0 N–H and O–H groups in total. The third kappa shape index (κ3) is 2.07. The lowest BCUT2D eigenvalue weighted by Crippen LogP contribution is -2.33. The van der Waals surface area contributed by atoms with Crippen LogP contribution in [0.4, 0.5) is 0 Å². The molecule has 0 fully saturated rings. The van der Waals surface area contributed by atoms with Crippen LogP contribution in [0.25, 0.3) is 0 Å². The Morgan fingerprint density at radius 1 is 1.73 bits per heavy atom. The molecule has 0 atom stereocenters. The van der Waals surface area contributed by atoms with Gasteiger partial charge in [-0.05, 0) is 13.3 Å². The molecule has 0 spiro atoms. The fourth-order valence-corrected chi connectivity index (χ4v) is 1.22. The van der Waals surface area contributed by atoms with Crippen molar-refractivity contribution in [2.45, 2.75) is 26.7 Å². The molecule has 0 radical (unpaired) electrons. The summed E-state index contributed by atoms with van der Waals surface area (Å²) >= 11 is 0. The predicted octanol–water partition coefficient (Wildman–Crippen LogP) is 1.58. The minimum atomic E-state index is 0.272. The van der Waals surface area contributed by atoms with Gasteiger partial charge in [0.05, 0.1) is 0 Å². The standard InChI is InChI=1S/C9H15NO/c1-3-9(11)10-6-4-8(2)5-7-10/h4H,3,5-7H2,1-2H3. The maximum atomic E-state index is 11.2. The zero-order chi connectivity index (χ0) is 8.27. The lowest BCUT2D eigenvalue weighted by molar-refractivity contribution is -0.130. The van der Waals surface area contributed by atoms with Gasteiger partial charge in [0.15, 0.2) is 0 Å². The Morgan fingerprint density at radius 2 is 2.45 bits per heavy atom. The van der Waals surface area contributed by atoms with Gasteiger partial charge in [-0.25, -0.2) is 0 Å². The van der Waals surface area contributed by atoms with Crippen LogP contribution in [0.5, 0.6) is 0 Å². The van der Waals surface area contributed by atoms with E-state index in [0.717, 1.165) is 19.5 Å². The maximum absolute atomic E-state index is 11.2. The van der Waals surface area contributed by atoms with Crippen LogP contribution in [0.15, 0.2) is 11.6 Å². The topological polar surface area (TPSA) is 20.3 Å². The van der Waals surface area contributed by atoms with Crippen molar-refractivity contribution in [2.24, 2.45) is 0 Å². The highest BCUT2D eigenvalue weighted by Crippen LogP contribution is 2.09. The molecule has 11 heavy (non-hydrogen) atoms. The van der Waals surface area contributed by atoms with Crippen molar-refractivity contribution in [3.8, 4) is 0 Å². The van der Waals surface area contributed by atoms with Gasteiger partial charge in [0.2, 0.25) is 5.91 Å². The summed E-state index contributed by atoms with van der Waals surface area (Å²) < 4.78 is 0. The smallest absolute Gasteiger partial charge is 0.222 e. The highest BCUT2D eigenvalue weighted by Gasteiger charge is 2.12. The minimum Gasteiger partial charge on any atom is -0.339 e. The van der Waals surface area contributed by atoms with E-state index in [1.54, 1.807) is 0 Å². The summed E-state index contributed by atoms with van der Waals surface area (Å²) in [5.74, 6) is 0.272. The number of hydrogen-bond acceptors (Lipinski definition) is 1. The van der Waals surface area contributed by atoms with E-state index in [2.05, 4.69) is 13.0 Å². The molecular weight excluding hydrogens is 138 g/mol. The van der Waals surface area contributed by atoms with Gasteiger partial charge in [0.25, 0.3) is 0 Å². The highest BCUT2D eigenvalue weighted by molar-refractivity contribution is 5.76. The third-order valence-corrected chi connectivity index (χ3v) is 2.09. The van der Waals surface area contributed by atoms with Gasteiger partial charge in [0, 0.05) is 19.5 Å². The fourth-order valence-electron chi connectivity index (χ4n) is 1.22. The lowest BCUT2D eigenvalue weighted by atomic mass is 10.1. The second-order valence-electron chi connectivity index (χ2n) is 2.99. The molecule has 0 saturated heterocycles. The van der Waals surface area contributed by atoms with Gasteiger partial charge in [-0.1, -0.05) is 18.6 Å². The molecule has 2 nitrogen and oxygen atoms in total. The second-order valence-corrected chi connectivity index (χ2v) is 2.99. The Balaban J connectivity index is 2.47. The summed E-state index contributed by atoms with van der Waals surface area (Å²) in [6, 6.07) is 0. The SMILES string of the molecule is CCC(=O)N1CC=C(C)CC1. The molecule has 0 unspecified atom stereocenters. The van der Waals surface area contributed by atoms with Gasteiger partial charge in [0.1, 0.15) is 0 Å². The molecule has 0 bridgehead atoms. The van der Waals surface area contributed by atoms with E-state index in [-0.39, 0.29) is 5.91 Å². The first kappa shape index (κ1) is 8.31. The van der Waals surface area contributed by atoms with E-state index in [4.69, 9.17) is 0 Å². The largest absolute Gasteiger partial charge is 0.339 e. The number of carbonyl (C=O) groups excluding carboxylic acids is 1. The fraction of sp³-hybridized carbons (Fsp3) is 0.667. The van der Waals surface area contributed by atoms with Gasteiger partial charge < -0.3 is 4.90 Å². The monoisotopic (exact) mass is 153 g/mol. The van der Waals surface area contributed by atoms with E-state index < -0.39 is 0 Å². The highest BCUT2D eigenvalue weighted by atomic mass is 16.2. The van der Waals surface area contributed by atoms with E-state index in [1.807, 2.05) is 11.8 Å². The molecule has 1 aliphatic heterocycles. The average molecular weight is 153 g/mol. The van der Waals surface area contributed by atoms with Crippen LogP contribution in [0.1, 0.15) is 26.7 Å². The summed E-state index contributed by atoms with van der Waals surface area (Å²) in [4.78, 5) is 13.1. The van der Waals surface area contributed by atoms with Gasteiger partial charge >= 0.3 is 0 Å². The van der Waals surface area contributed by atoms with E-state index in [1.165, 1.54) is 5.57 Å². The molecule has 1 aliphatic rings. The second kappa shape index (κ2) is 3.56. The van der Waals surface area contributed by atoms with E-state index in [9.17, 15) is 4.79 Å². The van der Waals surface area contributed by atoms with E-state index in [0.29, 0.717) is 6.42 Å². The van der Waals surface area contributed by atoms with Gasteiger partial charge in [-0.15, -0.1) is 0 Å². The van der Waals surface area contributed by atoms with Gasteiger partial charge in [-0.3, -0.25) is 4.79 Å². The molecule has 1 amide bonds. The van der Waals surface area contributed by atoms with Crippen LogP contribution in [0, 0.1) is 0 Å². The number of rotatable bonds is 1. The Morgan fingerprint density at radius 3 is 2.91 bits per heavy atom. The number of carbonyl (C=O) groups is 1. The quantitative estimate of drug-likeness (QED) is 0.524. The molecule has 2 heteroatoms. The van der Waals surface area contributed by atoms with Crippen LogP contribution in [-0.4, -0.2) is 23.9 Å². The zero-order valence-corrected chi connectivity index (χ0v) is 7.26. The first-order chi connectivity index (χ1) is 5.24. The molecule has 1 rings (SSSR count). The van der Waals surface area contributed by atoms with Gasteiger partial charge in [-0.2, -0.15) is 0 Å². The van der Waals surface area contributed by atoms with Crippen LogP contribution in [-0.2, 0) is 4.79 Å². The Kier molecular flexibility index (Phi) is 2.69. The summed E-state index contributed by atoms with van der Waals surface area (Å²) in [7, 11) is 0. The molecule has 62 valence electrons. The molecule has 0 aromatic heterocycles. The van der Waals surface area contributed by atoms with Crippen LogP contribution < -0.4 is 0 Å². The van der Waals surface area contributed by atoms with Crippen molar-refractivity contribution in [3.63, 3.8) is 0 Å². The zero-order valence-electron chi connectivity index (χ0n) is 7.26. The first-order valence-electron chi connectivity index (χ1n) is 4.17. The van der Waals surface area contributed by atoms with Crippen molar-refractivity contribution in [1.29, 1.82) is 0 Å². The minimum absolute atomic E-state index is 0.272. The first-order valence-corrected chi connectivity index (χ1v) is 4.17. The Hall–Kier alpha value is -0.790. The normalized spacial score (nSPS) is 18.0. The summed E-state index contributed by atoms with van der Waals surface area (Å²) in [5, 5.41) is 0. The molecule has 0 aromatic carbocycles. The molecular formula is C9H15NO. The predicted molar refractivity (Wildman–Crippen MR) is 45.2 cm³/mol. The third-order valence-electron chi connectivity index (χ3n) is 2.09. The number of hydrogen-bond donors (Lipinski definition) is 0. The molecule has 0 aliphatic carbocycles. The van der Waals surface area contributed by atoms with Crippen molar-refractivity contribution in [2.75, 3.05) is 13.1 Å². The average Bonchev–Trinajstić information content (AvgIpc) is 2.05. The van der Waals surface area contributed by atoms with Crippen molar-refractivity contribution in [1.82, 2.24) is 4.90 Å². The van der Waals surface area contributed by atoms with Crippen molar-refractivity contribution >= 4 is 5.91 Å². The number of amides is 1. The summed E-state index contributed by atoms with van der Waals surface area (Å²) in [5.41, 5.74) is 1.41. The molecule has 1 heterocycles. The summed E-state index contributed by atoms with van der Waals surface area (Å²) in [6.45, 7) is 5.76. The van der Waals surface area contributed by atoms with Crippen LogP contribution in [0.2, 0.25) is 0 Å². The van der Waals surface area contributed by atoms with Crippen molar-refractivity contribution < 1.29 is 4.79 Å². The summed E-state index contributed by atoms with van der Waals surface area (Å²) in [6.07, 6.45) is 3.82. The number of nitrogens with zero attached hydrogens (tertiary/aromatic N) is 1. The Labute approximate surface area is 67.9 Å². The molecule has 0 aromatic rings. The Bertz CT molecular complexity index is 184. The molecule has 0 saturated carbocycles. The van der Waals surface area contributed by atoms with Crippen LogP contribution >= 0.6 is 0 Å². The van der Waals surface area contributed by atoms with Crippen molar-refractivity contribution in [3.05, 3.63) is 11.6 Å². The maximum Gasteiger partial charge on any atom is 0.222 e.